The summed E-state index contributed by atoms with van der Waals surface area (Å²) < 4.78 is 5.65. The topological polar surface area (TPSA) is 64.3 Å². The molecule has 1 rings (SSSR count). The van der Waals surface area contributed by atoms with Crippen LogP contribution in [0.25, 0.3) is 0 Å². The average Bonchev–Trinajstić information content (AvgIpc) is 2.24. The number of ether oxygens (including phenoxy) is 1. The fourth-order valence-corrected chi connectivity index (χ4v) is 2.32. The predicted octanol–water partition coefficient (Wildman–Crippen LogP) is 1.82. The molecular weight excluding hydrogens is 228 g/mol. The Morgan fingerprint density at radius 2 is 2.11 bits per heavy atom. The zero-order valence-electron chi connectivity index (χ0n) is 12.4. The Balaban J connectivity index is 2.34. The zero-order valence-corrected chi connectivity index (χ0v) is 12.4. The van der Waals surface area contributed by atoms with Crippen molar-refractivity contribution in [2.75, 3.05) is 6.61 Å². The Hall–Kier alpha value is -0.610. The third-order valence-corrected chi connectivity index (χ3v) is 3.88. The smallest absolute Gasteiger partial charge is 0.220 e. The Morgan fingerprint density at radius 1 is 1.50 bits per heavy atom. The molecule has 0 aliphatic heterocycles. The monoisotopic (exact) mass is 256 g/mol. The van der Waals surface area contributed by atoms with Crippen LogP contribution in [0.15, 0.2) is 0 Å². The van der Waals surface area contributed by atoms with Crippen LogP contribution in [0.5, 0.6) is 0 Å². The molecular formula is C14H28N2O2. The highest BCUT2D eigenvalue weighted by Gasteiger charge is 2.49. The van der Waals surface area contributed by atoms with Crippen LogP contribution in [0, 0.1) is 5.41 Å². The van der Waals surface area contributed by atoms with E-state index in [0.29, 0.717) is 12.8 Å². The van der Waals surface area contributed by atoms with E-state index in [-0.39, 0.29) is 29.0 Å². The first-order chi connectivity index (χ1) is 8.16. The number of carbonyl (C=O) groups excluding carboxylic acids is 1. The minimum absolute atomic E-state index is 0.0316. The molecule has 4 heteroatoms. The molecule has 2 unspecified atom stereocenters. The molecule has 1 fully saturated rings. The number of rotatable bonds is 6. The fraction of sp³-hybridized carbons (Fsp3) is 0.929. The van der Waals surface area contributed by atoms with Gasteiger partial charge in [0, 0.05) is 30.0 Å². The molecule has 0 saturated heterocycles. The van der Waals surface area contributed by atoms with E-state index >= 15 is 0 Å². The van der Waals surface area contributed by atoms with Crippen molar-refractivity contribution in [2.45, 2.75) is 71.6 Å². The van der Waals surface area contributed by atoms with Crippen molar-refractivity contribution in [1.29, 1.82) is 0 Å². The van der Waals surface area contributed by atoms with Gasteiger partial charge in [-0.15, -0.1) is 0 Å². The lowest BCUT2D eigenvalue weighted by Crippen LogP contribution is -2.62. The molecule has 0 aromatic carbocycles. The minimum atomic E-state index is -0.277. The summed E-state index contributed by atoms with van der Waals surface area (Å²) in [6, 6.07) is 0.224. The maximum absolute atomic E-state index is 11.8. The highest BCUT2D eigenvalue weighted by atomic mass is 16.5. The number of hydrogen-bond acceptors (Lipinski definition) is 3. The average molecular weight is 256 g/mol. The van der Waals surface area contributed by atoms with Crippen LogP contribution >= 0.6 is 0 Å². The summed E-state index contributed by atoms with van der Waals surface area (Å²) in [6.07, 6.45) is 2.38. The van der Waals surface area contributed by atoms with Gasteiger partial charge in [-0.3, -0.25) is 4.79 Å². The summed E-state index contributed by atoms with van der Waals surface area (Å²) in [6.45, 7) is 10.9. The number of carbonyl (C=O) groups is 1. The van der Waals surface area contributed by atoms with Crippen molar-refractivity contribution >= 4 is 5.91 Å². The molecule has 1 saturated carbocycles. The number of hydrogen-bond donors (Lipinski definition) is 2. The van der Waals surface area contributed by atoms with Crippen LogP contribution in [0.2, 0.25) is 0 Å². The van der Waals surface area contributed by atoms with E-state index in [1.54, 1.807) is 0 Å². The molecule has 0 radical (unpaired) electrons. The molecule has 1 amide bonds. The third kappa shape index (κ3) is 3.95. The Morgan fingerprint density at radius 3 is 2.56 bits per heavy atom. The lowest BCUT2D eigenvalue weighted by Gasteiger charge is -2.51. The highest BCUT2D eigenvalue weighted by molar-refractivity contribution is 5.76. The van der Waals surface area contributed by atoms with Crippen LogP contribution < -0.4 is 11.1 Å². The normalized spacial score (nSPS) is 26.6. The maximum Gasteiger partial charge on any atom is 0.220 e. The van der Waals surface area contributed by atoms with E-state index in [9.17, 15) is 4.79 Å². The molecule has 1 aliphatic carbocycles. The van der Waals surface area contributed by atoms with Crippen LogP contribution in [0.1, 0.15) is 53.9 Å². The largest absolute Gasteiger partial charge is 0.378 e. The van der Waals surface area contributed by atoms with Gasteiger partial charge in [-0.1, -0.05) is 13.8 Å². The molecule has 0 heterocycles. The summed E-state index contributed by atoms with van der Waals surface area (Å²) in [4.78, 5) is 11.8. The van der Waals surface area contributed by atoms with Crippen LogP contribution in [-0.2, 0) is 9.53 Å². The molecule has 106 valence electrons. The van der Waals surface area contributed by atoms with Gasteiger partial charge in [0.05, 0.1) is 6.10 Å². The summed E-state index contributed by atoms with van der Waals surface area (Å²) in [5.41, 5.74) is 5.63. The second-order valence-electron chi connectivity index (χ2n) is 6.61. The van der Waals surface area contributed by atoms with Crippen LogP contribution in [-0.4, -0.2) is 30.2 Å². The first-order valence-electron chi connectivity index (χ1n) is 6.86. The summed E-state index contributed by atoms with van der Waals surface area (Å²) in [5, 5.41) is 3.09. The standard InChI is InChI=1S/C14H28N2O2/c1-6-18-11-9-10(14(11,4)5)16-12(17)7-8-13(2,3)15/h10-11H,6-9,15H2,1-5H3,(H,16,17). The van der Waals surface area contributed by atoms with Crippen molar-refractivity contribution in [1.82, 2.24) is 5.32 Å². The van der Waals surface area contributed by atoms with E-state index in [4.69, 9.17) is 10.5 Å². The van der Waals surface area contributed by atoms with Crippen LogP contribution in [0.4, 0.5) is 0 Å². The van der Waals surface area contributed by atoms with E-state index in [0.717, 1.165) is 13.0 Å². The Kier molecular flexibility index (Phi) is 4.78. The van der Waals surface area contributed by atoms with Crippen molar-refractivity contribution in [3.05, 3.63) is 0 Å². The molecule has 18 heavy (non-hydrogen) atoms. The number of nitrogens with one attached hydrogen (secondary N) is 1. The lowest BCUT2D eigenvalue weighted by molar-refractivity contribution is -0.136. The van der Waals surface area contributed by atoms with Crippen molar-refractivity contribution in [3.63, 3.8) is 0 Å². The van der Waals surface area contributed by atoms with Gasteiger partial charge in [0.2, 0.25) is 5.91 Å². The van der Waals surface area contributed by atoms with Gasteiger partial charge in [0.25, 0.3) is 0 Å². The van der Waals surface area contributed by atoms with Crippen molar-refractivity contribution < 1.29 is 9.53 Å². The van der Waals surface area contributed by atoms with Gasteiger partial charge >= 0.3 is 0 Å². The van der Waals surface area contributed by atoms with Gasteiger partial charge in [-0.25, -0.2) is 0 Å². The van der Waals surface area contributed by atoms with E-state index in [2.05, 4.69) is 19.2 Å². The summed E-state index contributed by atoms with van der Waals surface area (Å²) >= 11 is 0. The van der Waals surface area contributed by atoms with Crippen molar-refractivity contribution in [3.8, 4) is 0 Å². The van der Waals surface area contributed by atoms with E-state index in [1.165, 1.54) is 0 Å². The Bertz CT molecular complexity index is 295. The zero-order chi connectivity index (χ0) is 14.0. The van der Waals surface area contributed by atoms with Gasteiger partial charge in [-0.2, -0.15) is 0 Å². The molecule has 2 atom stereocenters. The van der Waals surface area contributed by atoms with Gasteiger partial charge in [-0.05, 0) is 33.6 Å². The molecule has 0 spiro atoms. The molecule has 3 N–H and O–H groups in total. The third-order valence-electron chi connectivity index (χ3n) is 3.88. The van der Waals surface area contributed by atoms with Gasteiger partial charge < -0.3 is 15.8 Å². The highest BCUT2D eigenvalue weighted by Crippen LogP contribution is 2.42. The van der Waals surface area contributed by atoms with Crippen molar-refractivity contribution in [2.24, 2.45) is 11.1 Å². The molecule has 0 aromatic heterocycles. The summed E-state index contributed by atoms with van der Waals surface area (Å²) in [7, 11) is 0. The molecule has 0 aromatic rings. The fourth-order valence-electron chi connectivity index (χ4n) is 2.32. The molecule has 0 bridgehead atoms. The molecule has 4 nitrogen and oxygen atoms in total. The van der Waals surface area contributed by atoms with E-state index in [1.807, 2.05) is 20.8 Å². The van der Waals surface area contributed by atoms with Gasteiger partial charge in [0.1, 0.15) is 0 Å². The Labute approximate surface area is 111 Å². The number of amides is 1. The minimum Gasteiger partial charge on any atom is -0.378 e. The number of nitrogens with two attached hydrogens (primary N) is 1. The first-order valence-corrected chi connectivity index (χ1v) is 6.86. The first kappa shape index (κ1) is 15.4. The van der Waals surface area contributed by atoms with Crippen LogP contribution in [0.3, 0.4) is 0 Å². The lowest BCUT2D eigenvalue weighted by atomic mass is 9.64. The second kappa shape index (κ2) is 5.57. The SMILES string of the molecule is CCOC1CC(NC(=O)CCC(C)(C)N)C1(C)C. The molecule has 1 aliphatic rings. The summed E-state index contributed by atoms with van der Waals surface area (Å²) in [5.74, 6) is 0.0987. The quantitative estimate of drug-likeness (QED) is 0.762. The van der Waals surface area contributed by atoms with Gasteiger partial charge in [0.15, 0.2) is 0 Å². The maximum atomic E-state index is 11.8. The predicted molar refractivity (Wildman–Crippen MR) is 73.2 cm³/mol. The second-order valence-corrected chi connectivity index (χ2v) is 6.61. The van der Waals surface area contributed by atoms with E-state index < -0.39 is 0 Å².